The van der Waals surface area contributed by atoms with E-state index in [-0.39, 0.29) is 10.5 Å². The molecule has 2 heterocycles. The van der Waals surface area contributed by atoms with Gasteiger partial charge in [0.25, 0.3) is 11.6 Å². The van der Waals surface area contributed by atoms with E-state index in [1.165, 1.54) is 11.3 Å². The highest BCUT2D eigenvalue weighted by atomic mass is 32.2. The average Bonchev–Trinajstić information content (AvgIpc) is 3.22. The molecule has 0 radical (unpaired) electrons. The van der Waals surface area contributed by atoms with Crippen LogP contribution >= 0.6 is 22.7 Å². The van der Waals surface area contributed by atoms with Crippen molar-refractivity contribution in [3.05, 3.63) is 56.3 Å². The van der Waals surface area contributed by atoms with Crippen molar-refractivity contribution in [1.29, 1.82) is 0 Å². The van der Waals surface area contributed by atoms with Gasteiger partial charge in [-0.25, -0.2) is 13.4 Å². The van der Waals surface area contributed by atoms with Crippen LogP contribution in [-0.4, -0.2) is 30.5 Å². The number of nitro benzene ring substituents is 1. The number of aromatic nitrogens is 1. The van der Waals surface area contributed by atoms with E-state index in [4.69, 9.17) is 0 Å². The molecule has 0 saturated heterocycles. The van der Waals surface area contributed by atoms with Crippen LogP contribution in [0.2, 0.25) is 0 Å². The van der Waals surface area contributed by atoms with Crippen molar-refractivity contribution < 1.29 is 18.1 Å². The molecule has 11 heteroatoms. The number of carbonyl (C=O) groups excluding carboxylic acids is 1. The molecule has 8 nitrogen and oxygen atoms in total. The minimum Gasteiger partial charge on any atom is -0.298 e. The number of amides is 1. The van der Waals surface area contributed by atoms with Crippen molar-refractivity contribution in [2.45, 2.75) is 11.8 Å². The summed E-state index contributed by atoms with van der Waals surface area (Å²) < 4.78 is 23.5. The van der Waals surface area contributed by atoms with Gasteiger partial charge in [0, 0.05) is 34.2 Å². The second-order valence-electron chi connectivity index (χ2n) is 5.65. The zero-order valence-corrected chi connectivity index (χ0v) is 16.6. The Balaban J connectivity index is 1.89. The number of anilines is 1. The fourth-order valence-electron chi connectivity index (χ4n) is 2.22. The number of benzene rings is 1. The minimum atomic E-state index is -3.71. The summed E-state index contributed by atoms with van der Waals surface area (Å²) in [6.45, 7) is 1.98. The molecule has 0 spiro atoms. The van der Waals surface area contributed by atoms with Gasteiger partial charge in [0.05, 0.1) is 20.4 Å². The van der Waals surface area contributed by atoms with E-state index in [0.29, 0.717) is 10.8 Å². The number of hydrogen-bond acceptors (Lipinski definition) is 8. The van der Waals surface area contributed by atoms with Crippen LogP contribution in [0, 0.1) is 17.0 Å². The van der Waals surface area contributed by atoms with Gasteiger partial charge >= 0.3 is 0 Å². The van der Waals surface area contributed by atoms with Crippen LogP contribution in [0.4, 0.5) is 10.8 Å². The highest BCUT2D eigenvalue weighted by Gasteiger charge is 2.20. The minimum absolute atomic E-state index is 0.131. The predicted molar refractivity (Wildman–Crippen MR) is 104 cm³/mol. The van der Waals surface area contributed by atoms with Gasteiger partial charge in [0.15, 0.2) is 15.0 Å². The second-order valence-corrected chi connectivity index (χ2v) is 9.81. The van der Waals surface area contributed by atoms with Crippen molar-refractivity contribution in [2.24, 2.45) is 0 Å². The third-order valence-electron chi connectivity index (χ3n) is 3.51. The summed E-state index contributed by atoms with van der Waals surface area (Å²) in [6, 6.07) is 6.95. The lowest BCUT2D eigenvalue weighted by molar-refractivity contribution is -0.385. The van der Waals surface area contributed by atoms with Gasteiger partial charge in [-0.15, -0.1) is 22.7 Å². The SMILES string of the molecule is Cc1ccc(-c2csc(NC(=O)c3cc([N+](=O)[O-])cc(S(C)(=O)=O)c3)n2)s1. The van der Waals surface area contributed by atoms with Crippen molar-refractivity contribution in [2.75, 3.05) is 11.6 Å². The molecule has 0 unspecified atom stereocenters. The number of rotatable bonds is 5. The largest absolute Gasteiger partial charge is 0.298 e. The van der Waals surface area contributed by atoms with E-state index in [1.54, 1.807) is 16.7 Å². The van der Waals surface area contributed by atoms with Crippen LogP contribution in [0.3, 0.4) is 0 Å². The number of thiophene rings is 1. The van der Waals surface area contributed by atoms with Crippen molar-refractivity contribution in [1.82, 2.24) is 4.98 Å². The van der Waals surface area contributed by atoms with E-state index in [2.05, 4.69) is 10.3 Å². The van der Waals surface area contributed by atoms with Gasteiger partial charge in [0.2, 0.25) is 0 Å². The Hall–Kier alpha value is -2.63. The molecule has 1 amide bonds. The Labute approximate surface area is 162 Å². The average molecular weight is 423 g/mol. The summed E-state index contributed by atoms with van der Waals surface area (Å²) in [5.41, 5.74) is 0.106. The lowest BCUT2D eigenvalue weighted by Crippen LogP contribution is -2.13. The molecule has 1 aromatic carbocycles. The fourth-order valence-corrected chi connectivity index (χ4v) is 4.50. The maximum Gasteiger partial charge on any atom is 0.271 e. The van der Waals surface area contributed by atoms with Crippen LogP contribution in [-0.2, 0) is 9.84 Å². The number of carbonyl (C=O) groups is 1. The number of nitrogens with zero attached hydrogens (tertiary/aromatic N) is 2. The number of nitrogens with one attached hydrogen (secondary N) is 1. The van der Waals surface area contributed by atoms with Crippen molar-refractivity contribution in [3.8, 4) is 10.6 Å². The summed E-state index contributed by atoms with van der Waals surface area (Å²) in [7, 11) is -3.71. The number of sulfone groups is 1. The molecule has 3 aromatic rings. The summed E-state index contributed by atoms with van der Waals surface area (Å²) in [4.78, 5) is 28.9. The van der Waals surface area contributed by atoms with Crippen LogP contribution in [0.25, 0.3) is 10.6 Å². The molecule has 0 saturated carbocycles. The molecular weight excluding hydrogens is 410 g/mol. The second kappa shape index (κ2) is 7.18. The lowest BCUT2D eigenvalue weighted by Gasteiger charge is -2.05. The summed E-state index contributed by atoms with van der Waals surface area (Å²) in [5, 5.41) is 15.7. The van der Waals surface area contributed by atoms with Gasteiger partial charge in [-0.1, -0.05) is 0 Å². The van der Waals surface area contributed by atoms with Crippen LogP contribution in [0.5, 0.6) is 0 Å². The zero-order valence-electron chi connectivity index (χ0n) is 14.1. The third-order valence-corrected chi connectivity index (χ3v) is 6.38. The zero-order chi connectivity index (χ0) is 19.8. The summed E-state index contributed by atoms with van der Waals surface area (Å²) in [5.74, 6) is -0.674. The van der Waals surface area contributed by atoms with Gasteiger partial charge < -0.3 is 0 Å². The summed E-state index contributed by atoms with van der Waals surface area (Å²) >= 11 is 2.78. The Bertz CT molecular complexity index is 1150. The molecule has 0 bridgehead atoms. The maximum atomic E-state index is 12.5. The highest BCUT2D eigenvalue weighted by molar-refractivity contribution is 7.90. The molecule has 140 valence electrons. The molecule has 0 aliphatic rings. The Morgan fingerprint density at radius 3 is 2.59 bits per heavy atom. The number of thiazole rings is 1. The Morgan fingerprint density at radius 1 is 1.26 bits per heavy atom. The van der Waals surface area contributed by atoms with E-state index in [0.717, 1.165) is 34.2 Å². The number of nitro groups is 1. The molecule has 0 atom stereocenters. The third kappa shape index (κ3) is 4.38. The Kier molecular flexibility index (Phi) is 5.09. The molecule has 0 fully saturated rings. The van der Waals surface area contributed by atoms with E-state index in [1.807, 2.05) is 19.1 Å². The fraction of sp³-hybridized carbons (Fsp3) is 0.125. The first-order chi connectivity index (χ1) is 12.6. The molecule has 2 aromatic heterocycles. The van der Waals surface area contributed by atoms with Crippen molar-refractivity contribution >= 4 is 49.2 Å². The van der Waals surface area contributed by atoms with Crippen LogP contribution in [0.1, 0.15) is 15.2 Å². The quantitative estimate of drug-likeness (QED) is 0.493. The van der Waals surface area contributed by atoms with Gasteiger partial charge in [0.1, 0.15) is 0 Å². The first-order valence-electron chi connectivity index (χ1n) is 7.47. The Morgan fingerprint density at radius 2 is 2.00 bits per heavy atom. The molecule has 1 N–H and O–H groups in total. The van der Waals surface area contributed by atoms with Crippen LogP contribution in [0.15, 0.2) is 40.6 Å². The first kappa shape index (κ1) is 19.1. The first-order valence-corrected chi connectivity index (χ1v) is 11.1. The molecule has 0 aliphatic heterocycles. The molecule has 0 aliphatic carbocycles. The maximum absolute atomic E-state index is 12.5. The topological polar surface area (TPSA) is 119 Å². The smallest absolute Gasteiger partial charge is 0.271 e. The van der Waals surface area contributed by atoms with E-state index >= 15 is 0 Å². The van der Waals surface area contributed by atoms with Gasteiger partial charge in [-0.3, -0.25) is 20.2 Å². The number of non-ortho nitro benzene ring substituents is 1. The monoisotopic (exact) mass is 423 g/mol. The van der Waals surface area contributed by atoms with Crippen LogP contribution < -0.4 is 5.32 Å². The molecule has 3 rings (SSSR count). The summed E-state index contributed by atoms with van der Waals surface area (Å²) in [6.07, 6.45) is 0.920. The van der Waals surface area contributed by atoms with E-state index in [9.17, 15) is 23.3 Å². The normalized spacial score (nSPS) is 11.3. The molecular formula is C16H13N3O5S3. The van der Waals surface area contributed by atoms with Crippen molar-refractivity contribution in [3.63, 3.8) is 0 Å². The van der Waals surface area contributed by atoms with Gasteiger partial charge in [-0.05, 0) is 25.1 Å². The lowest BCUT2D eigenvalue weighted by atomic mass is 10.2. The highest BCUT2D eigenvalue weighted by Crippen LogP contribution is 2.30. The number of hydrogen-bond donors (Lipinski definition) is 1. The predicted octanol–water partition coefficient (Wildman–Crippen LogP) is 3.74. The standard InChI is InChI=1S/C16H13N3O5S3/c1-9-3-4-14(26-9)13-8-25-16(17-13)18-15(20)10-5-11(19(21)22)7-12(6-10)27(2,23)24/h3-8H,1-2H3,(H,17,18,20). The van der Waals surface area contributed by atoms with E-state index < -0.39 is 26.4 Å². The number of aryl methyl sites for hydroxylation is 1. The molecule has 27 heavy (non-hydrogen) atoms. The van der Waals surface area contributed by atoms with Gasteiger partial charge in [-0.2, -0.15) is 0 Å².